The van der Waals surface area contributed by atoms with E-state index in [1.807, 2.05) is 27.7 Å². The van der Waals surface area contributed by atoms with Crippen molar-refractivity contribution in [3.05, 3.63) is 0 Å². The lowest BCUT2D eigenvalue weighted by Gasteiger charge is -2.34. The van der Waals surface area contributed by atoms with Crippen molar-refractivity contribution >= 4 is 12.0 Å². The Hall–Kier alpha value is -1.30. The number of hydrogen-bond donors (Lipinski definition) is 1. The van der Waals surface area contributed by atoms with Crippen LogP contribution in [0.25, 0.3) is 0 Å². The van der Waals surface area contributed by atoms with E-state index in [1.54, 1.807) is 23.9 Å². The SMILES string of the molecule is CC(NCC1CCN(C(=O)OC(C)(C)C)CC1)C(=O)N(C)C. The van der Waals surface area contributed by atoms with Gasteiger partial charge < -0.3 is 19.9 Å². The van der Waals surface area contributed by atoms with E-state index in [-0.39, 0.29) is 18.0 Å². The van der Waals surface area contributed by atoms with Crippen LogP contribution in [0.1, 0.15) is 40.5 Å². The van der Waals surface area contributed by atoms with E-state index in [0.29, 0.717) is 5.92 Å². The lowest BCUT2D eigenvalue weighted by Crippen LogP contribution is -2.46. The lowest BCUT2D eigenvalue weighted by molar-refractivity contribution is -0.130. The monoisotopic (exact) mass is 313 g/mol. The maximum atomic E-state index is 12.0. The first-order valence-electron chi connectivity index (χ1n) is 8.02. The average molecular weight is 313 g/mol. The van der Waals surface area contributed by atoms with Gasteiger partial charge in [-0.25, -0.2) is 4.79 Å². The Morgan fingerprint density at radius 3 is 2.27 bits per heavy atom. The van der Waals surface area contributed by atoms with E-state index in [0.717, 1.165) is 32.5 Å². The third-order valence-electron chi connectivity index (χ3n) is 3.79. The number of nitrogens with zero attached hydrogens (tertiary/aromatic N) is 2. The summed E-state index contributed by atoms with van der Waals surface area (Å²) in [5.41, 5.74) is -0.447. The molecule has 6 heteroatoms. The fourth-order valence-corrected chi connectivity index (χ4v) is 2.46. The van der Waals surface area contributed by atoms with Crippen molar-refractivity contribution in [3.8, 4) is 0 Å². The van der Waals surface area contributed by atoms with Crippen molar-refractivity contribution in [2.75, 3.05) is 33.7 Å². The maximum absolute atomic E-state index is 12.0. The molecule has 0 bridgehead atoms. The Morgan fingerprint density at radius 1 is 1.27 bits per heavy atom. The van der Waals surface area contributed by atoms with Crippen LogP contribution < -0.4 is 5.32 Å². The van der Waals surface area contributed by atoms with Crippen LogP contribution in [0.2, 0.25) is 0 Å². The fraction of sp³-hybridized carbons (Fsp3) is 0.875. The van der Waals surface area contributed by atoms with Crippen LogP contribution in [0.4, 0.5) is 4.79 Å². The predicted molar refractivity (Wildman–Crippen MR) is 86.7 cm³/mol. The topological polar surface area (TPSA) is 61.9 Å². The number of likely N-dealkylation sites (tertiary alicyclic amines) is 1. The van der Waals surface area contributed by atoms with Crippen LogP contribution in [0.3, 0.4) is 0 Å². The number of piperidine rings is 1. The van der Waals surface area contributed by atoms with Gasteiger partial charge in [0.05, 0.1) is 6.04 Å². The molecule has 0 radical (unpaired) electrons. The first-order valence-corrected chi connectivity index (χ1v) is 8.02. The molecule has 0 aromatic carbocycles. The number of ether oxygens (including phenoxy) is 1. The number of amides is 2. The number of hydrogen-bond acceptors (Lipinski definition) is 4. The second-order valence-electron chi connectivity index (χ2n) is 7.27. The van der Waals surface area contributed by atoms with Gasteiger partial charge in [0.25, 0.3) is 0 Å². The lowest BCUT2D eigenvalue weighted by atomic mass is 9.97. The minimum absolute atomic E-state index is 0.0891. The van der Waals surface area contributed by atoms with Crippen LogP contribution >= 0.6 is 0 Å². The maximum Gasteiger partial charge on any atom is 0.410 e. The number of carbonyl (C=O) groups excluding carboxylic acids is 2. The summed E-state index contributed by atoms with van der Waals surface area (Å²) in [7, 11) is 3.53. The van der Waals surface area contributed by atoms with Crippen LogP contribution in [-0.2, 0) is 9.53 Å². The van der Waals surface area contributed by atoms with Crippen molar-refractivity contribution in [3.63, 3.8) is 0 Å². The highest BCUT2D eigenvalue weighted by Crippen LogP contribution is 2.19. The number of rotatable bonds is 4. The first-order chi connectivity index (χ1) is 10.1. The molecular formula is C16H31N3O3. The highest BCUT2D eigenvalue weighted by atomic mass is 16.6. The Kier molecular flexibility index (Phi) is 6.66. The molecule has 1 aliphatic rings. The van der Waals surface area contributed by atoms with E-state index in [4.69, 9.17) is 4.74 Å². The molecule has 1 atom stereocenters. The van der Waals surface area contributed by atoms with Crippen molar-refractivity contribution in [2.24, 2.45) is 5.92 Å². The first kappa shape index (κ1) is 18.7. The van der Waals surface area contributed by atoms with Gasteiger partial charge in [-0.05, 0) is 53.0 Å². The second-order valence-corrected chi connectivity index (χ2v) is 7.27. The highest BCUT2D eigenvalue weighted by Gasteiger charge is 2.27. The van der Waals surface area contributed by atoms with E-state index < -0.39 is 5.60 Å². The zero-order valence-electron chi connectivity index (χ0n) is 14.8. The molecule has 1 unspecified atom stereocenters. The van der Waals surface area contributed by atoms with Crippen LogP contribution in [0, 0.1) is 5.92 Å². The largest absolute Gasteiger partial charge is 0.444 e. The summed E-state index contributed by atoms with van der Waals surface area (Å²) < 4.78 is 5.39. The number of likely N-dealkylation sites (N-methyl/N-ethyl adjacent to an activating group) is 1. The van der Waals surface area contributed by atoms with Crippen molar-refractivity contribution in [1.82, 2.24) is 15.1 Å². The molecule has 0 spiro atoms. The van der Waals surface area contributed by atoms with E-state index >= 15 is 0 Å². The fourth-order valence-electron chi connectivity index (χ4n) is 2.46. The molecule has 1 N–H and O–H groups in total. The Morgan fingerprint density at radius 2 is 1.82 bits per heavy atom. The van der Waals surface area contributed by atoms with Crippen molar-refractivity contribution in [2.45, 2.75) is 52.2 Å². The van der Waals surface area contributed by atoms with Gasteiger partial charge in [0.15, 0.2) is 0 Å². The molecule has 1 heterocycles. The molecule has 1 fully saturated rings. The molecule has 0 aliphatic carbocycles. The van der Waals surface area contributed by atoms with Gasteiger partial charge in [0, 0.05) is 27.2 Å². The van der Waals surface area contributed by atoms with Gasteiger partial charge in [-0.3, -0.25) is 4.79 Å². The third-order valence-corrected chi connectivity index (χ3v) is 3.79. The minimum atomic E-state index is -0.447. The molecule has 0 saturated carbocycles. The molecular weight excluding hydrogens is 282 g/mol. The summed E-state index contributed by atoms with van der Waals surface area (Å²) in [5.74, 6) is 0.585. The van der Waals surface area contributed by atoms with Crippen molar-refractivity contribution in [1.29, 1.82) is 0 Å². The summed E-state index contributed by atoms with van der Waals surface area (Å²) in [6.07, 6.45) is 1.65. The minimum Gasteiger partial charge on any atom is -0.444 e. The van der Waals surface area contributed by atoms with Crippen LogP contribution in [0.5, 0.6) is 0 Å². The summed E-state index contributed by atoms with van der Waals surface area (Å²) in [6, 6.07) is -0.168. The van der Waals surface area contributed by atoms with Crippen LogP contribution in [-0.4, -0.2) is 67.2 Å². The van der Waals surface area contributed by atoms with E-state index in [9.17, 15) is 9.59 Å². The summed E-state index contributed by atoms with van der Waals surface area (Å²) in [6.45, 7) is 9.77. The molecule has 6 nitrogen and oxygen atoms in total. The van der Waals surface area contributed by atoms with Gasteiger partial charge >= 0.3 is 6.09 Å². The Bertz CT molecular complexity index is 383. The summed E-state index contributed by atoms with van der Waals surface area (Å²) >= 11 is 0. The molecule has 0 aromatic heterocycles. The quantitative estimate of drug-likeness (QED) is 0.858. The van der Waals surface area contributed by atoms with E-state index in [2.05, 4.69) is 5.32 Å². The average Bonchev–Trinajstić information content (AvgIpc) is 2.42. The molecule has 1 aliphatic heterocycles. The molecule has 128 valence electrons. The van der Waals surface area contributed by atoms with Gasteiger partial charge in [0.2, 0.25) is 5.91 Å². The smallest absolute Gasteiger partial charge is 0.410 e. The van der Waals surface area contributed by atoms with Gasteiger partial charge in [0.1, 0.15) is 5.60 Å². The predicted octanol–water partition coefficient (Wildman–Crippen LogP) is 1.70. The number of carbonyl (C=O) groups is 2. The zero-order chi connectivity index (χ0) is 16.9. The molecule has 1 saturated heterocycles. The molecule has 0 aromatic rings. The molecule has 1 rings (SSSR count). The Labute approximate surface area is 134 Å². The van der Waals surface area contributed by atoms with Crippen LogP contribution in [0.15, 0.2) is 0 Å². The zero-order valence-corrected chi connectivity index (χ0v) is 14.8. The number of nitrogens with one attached hydrogen (secondary N) is 1. The summed E-state index contributed by atoms with van der Waals surface area (Å²) in [5, 5.41) is 3.29. The second kappa shape index (κ2) is 7.81. The molecule has 22 heavy (non-hydrogen) atoms. The van der Waals surface area contributed by atoms with Gasteiger partial charge in [-0.1, -0.05) is 0 Å². The van der Waals surface area contributed by atoms with E-state index in [1.165, 1.54) is 0 Å². The Balaban J connectivity index is 2.31. The van der Waals surface area contributed by atoms with Crippen molar-refractivity contribution < 1.29 is 14.3 Å². The normalized spacial score (nSPS) is 18.0. The third kappa shape index (κ3) is 6.22. The summed E-state index contributed by atoms with van der Waals surface area (Å²) in [4.78, 5) is 27.1. The highest BCUT2D eigenvalue weighted by molar-refractivity contribution is 5.80. The molecule has 2 amide bonds. The van der Waals surface area contributed by atoms with Gasteiger partial charge in [-0.2, -0.15) is 0 Å². The van der Waals surface area contributed by atoms with Gasteiger partial charge in [-0.15, -0.1) is 0 Å². The standard InChI is InChI=1S/C16H31N3O3/c1-12(14(20)18(5)6)17-11-13-7-9-19(10-8-13)15(21)22-16(2,3)4/h12-13,17H,7-11H2,1-6H3.